The van der Waals surface area contributed by atoms with Gasteiger partial charge in [0.15, 0.2) is 0 Å². The van der Waals surface area contributed by atoms with Crippen molar-refractivity contribution in [1.82, 2.24) is 0 Å². The molecule has 0 aliphatic heterocycles. The first-order valence-corrected chi connectivity index (χ1v) is 4.25. The molecule has 0 saturated heterocycles. The van der Waals surface area contributed by atoms with E-state index in [-0.39, 0.29) is 12.8 Å². The van der Waals surface area contributed by atoms with Gasteiger partial charge in [0.1, 0.15) is 0 Å². The van der Waals surface area contributed by atoms with Gasteiger partial charge in [-0.2, -0.15) is 0 Å². The van der Waals surface area contributed by atoms with E-state index in [0.717, 1.165) is 0 Å². The molecule has 0 heterocycles. The lowest BCUT2D eigenvalue weighted by atomic mass is 9.82. The highest BCUT2D eigenvalue weighted by Gasteiger charge is 2.37. The second-order valence-electron chi connectivity index (χ2n) is 3.40. The summed E-state index contributed by atoms with van der Waals surface area (Å²) in [5.41, 5.74) is 5.64. The van der Waals surface area contributed by atoms with Gasteiger partial charge in [-0.05, 0) is 12.8 Å². The number of carbonyl (C=O) groups is 1. The van der Waals surface area contributed by atoms with Crippen LogP contribution in [0.2, 0.25) is 0 Å². The summed E-state index contributed by atoms with van der Waals surface area (Å²) in [6.45, 7) is 0. The van der Waals surface area contributed by atoms with Crippen molar-refractivity contribution in [3.63, 3.8) is 0 Å². The van der Waals surface area contributed by atoms with Crippen molar-refractivity contribution in [2.75, 3.05) is 7.11 Å². The van der Waals surface area contributed by atoms with Crippen molar-refractivity contribution in [3.8, 4) is 0 Å². The van der Waals surface area contributed by atoms with Crippen molar-refractivity contribution in [2.45, 2.75) is 31.1 Å². The summed E-state index contributed by atoms with van der Waals surface area (Å²) < 4.78 is 4.53. The molecule has 13 heavy (non-hydrogen) atoms. The van der Waals surface area contributed by atoms with Gasteiger partial charge in [-0.3, -0.25) is 4.79 Å². The highest BCUT2D eigenvalue weighted by atomic mass is 16.5. The van der Waals surface area contributed by atoms with Gasteiger partial charge in [0.05, 0.1) is 25.2 Å². The van der Waals surface area contributed by atoms with E-state index in [2.05, 4.69) is 4.74 Å². The lowest BCUT2D eigenvalue weighted by Crippen LogP contribution is -2.49. The van der Waals surface area contributed by atoms with Crippen LogP contribution in [0.4, 0.5) is 0 Å². The molecule has 0 aromatic heterocycles. The van der Waals surface area contributed by atoms with Crippen LogP contribution in [0.1, 0.15) is 12.8 Å². The Morgan fingerprint density at radius 2 is 1.92 bits per heavy atom. The van der Waals surface area contributed by atoms with E-state index < -0.39 is 30.1 Å². The van der Waals surface area contributed by atoms with Crippen LogP contribution < -0.4 is 5.73 Å². The molecule has 0 aromatic carbocycles. The lowest BCUT2D eigenvalue weighted by molar-refractivity contribution is -0.151. The van der Waals surface area contributed by atoms with Crippen LogP contribution in [0.25, 0.3) is 0 Å². The quantitative estimate of drug-likeness (QED) is 0.442. The Hall–Kier alpha value is -0.650. The molecule has 5 heteroatoms. The summed E-state index contributed by atoms with van der Waals surface area (Å²) in [6.07, 6.45) is -1.28. The minimum absolute atomic E-state index is 0.176. The summed E-state index contributed by atoms with van der Waals surface area (Å²) >= 11 is 0. The Balaban J connectivity index is 2.61. The smallest absolute Gasteiger partial charge is 0.310 e. The summed E-state index contributed by atoms with van der Waals surface area (Å²) in [5.74, 6) is -0.915. The highest BCUT2D eigenvalue weighted by Crippen LogP contribution is 2.24. The average molecular weight is 189 g/mol. The topological polar surface area (TPSA) is 92.8 Å². The Kier molecular flexibility index (Phi) is 3.24. The fourth-order valence-corrected chi connectivity index (χ4v) is 1.61. The van der Waals surface area contributed by atoms with Crippen LogP contribution in [-0.4, -0.2) is 41.5 Å². The fraction of sp³-hybridized carbons (Fsp3) is 0.875. The van der Waals surface area contributed by atoms with Gasteiger partial charge in [0.25, 0.3) is 0 Å². The Morgan fingerprint density at radius 1 is 1.38 bits per heavy atom. The zero-order valence-corrected chi connectivity index (χ0v) is 7.51. The van der Waals surface area contributed by atoms with Crippen LogP contribution in [0.15, 0.2) is 0 Å². The Bertz CT molecular complexity index is 197. The van der Waals surface area contributed by atoms with Crippen LogP contribution in [0.3, 0.4) is 0 Å². The first-order valence-electron chi connectivity index (χ1n) is 4.25. The summed E-state index contributed by atoms with van der Waals surface area (Å²) in [4.78, 5) is 11.1. The van der Waals surface area contributed by atoms with Crippen LogP contribution in [0.5, 0.6) is 0 Å². The Labute approximate surface area is 76.5 Å². The van der Waals surface area contributed by atoms with E-state index in [1.54, 1.807) is 0 Å². The largest absolute Gasteiger partial charge is 0.469 e. The van der Waals surface area contributed by atoms with Crippen molar-refractivity contribution in [1.29, 1.82) is 0 Å². The van der Waals surface area contributed by atoms with Crippen LogP contribution in [0, 0.1) is 5.92 Å². The number of aliphatic hydroxyl groups is 2. The number of nitrogens with two attached hydrogens (primary N) is 1. The number of carbonyl (C=O) groups excluding carboxylic acids is 1. The second kappa shape index (κ2) is 4.04. The predicted molar refractivity (Wildman–Crippen MR) is 44.7 cm³/mol. The first-order chi connectivity index (χ1) is 6.06. The van der Waals surface area contributed by atoms with Crippen molar-refractivity contribution in [3.05, 3.63) is 0 Å². The second-order valence-corrected chi connectivity index (χ2v) is 3.40. The third kappa shape index (κ3) is 2.18. The third-order valence-electron chi connectivity index (χ3n) is 2.47. The van der Waals surface area contributed by atoms with E-state index in [0.29, 0.717) is 0 Å². The maximum Gasteiger partial charge on any atom is 0.310 e. The van der Waals surface area contributed by atoms with E-state index in [1.807, 2.05) is 0 Å². The molecule has 76 valence electrons. The highest BCUT2D eigenvalue weighted by molar-refractivity contribution is 5.73. The van der Waals surface area contributed by atoms with Gasteiger partial charge in [-0.15, -0.1) is 0 Å². The number of aliphatic hydroxyl groups excluding tert-OH is 2. The number of esters is 1. The molecule has 0 aromatic rings. The van der Waals surface area contributed by atoms with Crippen LogP contribution >= 0.6 is 0 Å². The molecule has 1 saturated carbocycles. The minimum Gasteiger partial charge on any atom is -0.469 e. The van der Waals surface area contributed by atoms with Gasteiger partial charge in [-0.25, -0.2) is 0 Å². The molecule has 1 rings (SSSR count). The van der Waals surface area contributed by atoms with Crippen molar-refractivity contribution in [2.24, 2.45) is 11.7 Å². The van der Waals surface area contributed by atoms with E-state index >= 15 is 0 Å². The molecule has 0 spiro atoms. The van der Waals surface area contributed by atoms with Gasteiger partial charge < -0.3 is 20.7 Å². The fourth-order valence-electron chi connectivity index (χ4n) is 1.61. The van der Waals surface area contributed by atoms with E-state index in [1.165, 1.54) is 7.11 Å². The molecule has 0 bridgehead atoms. The standard InChI is InChI=1S/C8H15NO4/c1-13-8(12)4-2-6(10)7(11)3-5(4)9/h4-7,10-11H,2-3,9H2,1H3/t4-,5+,6+,7-/m1/s1. The molecule has 1 fully saturated rings. The van der Waals surface area contributed by atoms with E-state index in [9.17, 15) is 15.0 Å². The molecule has 0 amide bonds. The molecule has 5 nitrogen and oxygen atoms in total. The van der Waals surface area contributed by atoms with Crippen molar-refractivity contribution < 1.29 is 19.7 Å². The SMILES string of the molecule is COC(=O)[C@@H]1C[C@H](O)[C@H](O)C[C@@H]1N. The molecular weight excluding hydrogens is 174 g/mol. The number of methoxy groups -OCH3 is 1. The molecule has 4 N–H and O–H groups in total. The number of rotatable bonds is 1. The normalized spacial score (nSPS) is 40.0. The zero-order chi connectivity index (χ0) is 10.0. The molecule has 0 radical (unpaired) electrons. The first kappa shape index (κ1) is 10.4. The van der Waals surface area contributed by atoms with E-state index in [4.69, 9.17) is 5.73 Å². The molecular formula is C8H15NO4. The van der Waals surface area contributed by atoms with Crippen molar-refractivity contribution >= 4 is 5.97 Å². The summed E-state index contributed by atoms with van der Waals surface area (Å²) in [5, 5.41) is 18.5. The monoisotopic (exact) mass is 189 g/mol. The molecule has 0 unspecified atom stereocenters. The maximum atomic E-state index is 11.1. The molecule has 4 atom stereocenters. The summed E-state index contributed by atoms with van der Waals surface area (Å²) in [7, 11) is 1.28. The van der Waals surface area contributed by atoms with Gasteiger partial charge in [0, 0.05) is 6.04 Å². The number of ether oxygens (including phenoxy) is 1. The summed E-state index contributed by atoms with van der Waals surface area (Å²) in [6, 6.07) is -0.425. The van der Waals surface area contributed by atoms with Crippen LogP contribution in [-0.2, 0) is 9.53 Å². The van der Waals surface area contributed by atoms with Gasteiger partial charge in [0.2, 0.25) is 0 Å². The van der Waals surface area contributed by atoms with Gasteiger partial charge >= 0.3 is 5.97 Å². The third-order valence-corrected chi connectivity index (χ3v) is 2.47. The Morgan fingerprint density at radius 3 is 2.46 bits per heavy atom. The number of hydrogen-bond donors (Lipinski definition) is 3. The number of hydrogen-bond acceptors (Lipinski definition) is 5. The zero-order valence-electron chi connectivity index (χ0n) is 7.51. The van der Waals surface area contributed by atoms with Gasteiger partial charge in [-0.1, -0.05) is 0 Å². The predicted octanol–water partition coefficient (Wildman–Crippen LogP) is -1.38. The maximum absolute atomic E-state index is 11.1. The molecule has 1 aliphatic carbocycles. The minimum atomic E-state index is -0.871. The lowest BCUT2D eigenvalue weighted by Gasteiger charge is -2.33. The average Bonchev–Trinajstić information content (AvgIpc) is 2.10. The molecule has 1 aliphatic rings.